The second-order valence-corrected chi connectivity index (χ2v) is 3.68. The lowest BCUT2D eigenvalue weighted by molar-refractivity contribution is -0.142. The maximum Gasteiger partial charge on any atom is 0.347 e. The molecule has 0 amide bonds. The first-order valence-electron chi connectivity index (χ1n) is 5.57. The molecule has 0 saturated carbocycles. The Morgan fingerprint density at radius 2 is 2.11 bits per heavy atom. The fourth-order valence-corrected chi connectivity index (χ4v) is 1.59. The smallest absolute Gasteiger partial charge is 0.347 e. The molecule has 0 fully saturated rings. The molecule has 1 aromatic heterocycles. The van der Waals surface area contributed by atoms with E-state index in [4.69, 9.17) is 4.74 Å². The van der Waals surface area contributed by atoms with Crippen molar-refractivity contribution < 1.29 is 9.53 Å². The minimum Gasteiger partial charge on any atom is -0.466 e. The number of esters is 1. The van der Waals surface area contributed by atoms with Crippen LogP contribution in [0.25, 0.3) is 5.69 Å². The fourth-order valence-electron chi connectivity index (χ4n) is 1.59. The normalized spacial score (nSPS) is 10.3. The summed E-state index contributed by atoms with van der Waals surface area (Å²) in [6.07, 6.45) is 1.64. The number of carbonyl (C=O) groups is 1. The van der Waals surface area contributed by atoms with Crippen LogP contribution in [0.4, 0.5) is 0 Å². The Kier molecular flexibility index (Phi) is 3.57. The lowest BCUT2D eigenvalue weighted by Crippen LogP contribution is -2.14. The van der Waals surface area contributed by atoms with Gasteiger partial charge in [0.25, 0.3) is 0 Å². The van der Waals surface area contributed by atoms with Crippen molar-refractivity contribution in [1.82, 2.24) is 14.8 Å². The topological polar surface area (TPSA) is 77.0 Å². The van der Waals surface area contributed by atoms with Gasteiger partial charge in [-0.3, -0.25) is 4.79 Å². The van der Waals surface area contributed by atoms with Crippen LogP contribution in [0, 0.1) is 0 Å². The molecule has 2 rings (SSSR count). The predicted octanol–water partition coefficient (Wildman–Crippen LogP) is 0.666. The van der Waals surface area contributed by atoms with E-state index in [0.29, 0.717) is 12.3 Å². The summed E-state index contributed by atoms with van der Waals surface area (Å²) in [6.45, 7) is 2.15. The van der Waals surface area contributed by atoms with Crippen molar-refractivity contribution >= 4 is 5.97 Å². The molecule has 0 radical (unpaired) electrons. The Labute approximate surface area is 103 Å². The van der Waals surface area contributed by atoms with Crippen LogP contribution in [0.2, 0.25) is 0 Å². The quantitative estimate of drug-likeness (QED) is 0.805. The molecule has 94 valence electrons. The SMILES string of the molecule is CCOC(=O)Cc1ccc(-n2cn[nH]c2=O)cc1. The van der Waals surface area contributed by atoms with Crippen molar-refractivity contribution in [2.45, 2.75) is 13.3 Å². The first kappa shape index (κ1) is 12.1. The van der Waals surface area contributed by atoms with Gasteiger partial charge in [-0.1, -0.05) is 12.1 Å². The van der Waals surface area contributed by atoms with E-state index >= 15 is 0 Å². The summed E-state index contributed by atoms with van der Waals surface area (Å²) >= 11 is 0. The van der Waals surface area contributed by atoms with Gasteiger partial charge < -0.3 is 4.74 Å². The van der Waals surface area contributed by atoms with Crippen LogP contribution in [0.5, 0.6) is 0 Å². The zero-order chi connectivity index (χ0) is 13.0. The average Bonchev–Trinajstić information content (AvgIpc) is 2.77. The summed E-state index contributed by atoms with van der Waals surface area (Å²) in [5.74, 6) is -0.259. The number of benzene rings is 1. The van der Waals surface area contributed by atoms with E-state index < -0.39 is 0 Å². The van der Waals surface area contributed by atoms with Gasteiger partial charge in [-0.05, 0) is 24.6 Å². The summed E-state index contributed by atoms with van der Waals surface area (Å²) in [6, 6.07) is 7.08. The highest BCUT2D eigenvalue weighted by Crippen LogP contribution is 2.08. The molecule has 0 atom stereocenters. The maximum atomic E-state index is 11.3. The van der Waals surface area contributed by atoms with Gasteiger partial charge >= 0.3 is 11.7 Å². The van der Waals surface area contributed by atoms with Gasteiger partial charge in [-0.15, -0.1) is 0 Å². The molecule has 1 heterocycles. The largest absolute Gasteiger partial charge is 0.466 e. The van der Waals surface area contributed by atoms with Crippen LogP contribution in [-0.4, -0.2) is 27.3 Å². The molecule has 6 heteroatoms. The number of ether oxygens (including phenoxy) is 1. The molecule has 0 aliphatic carbocycles. The minimum atomic E-state index is -0.298. The number of H-pyrrole nitrogens is 1. The molecular formula is C12H13N3O3. The molecule has 6 nitrogen and oxygen atoms in total. The van der Waals surface area contributed by atoms with E-state index in [0.717, 1.165) is 5.56 Å². The van der Waals surface area contributed by atoms with Crippen LogP contribution in [-0.2, 0) is 16.0 Å². The Bertz CT molecular complexity index is 583. The van der Waals surface area contributed by atoms with E-state index in [2.05, 4.69) is 10.2 Å². The van der Waals surface area contributed by atoms with Crippen LogP contribution in [0.15, 0.2) is 35.4 Å². The Hall–Kier alpha value is -2.37. The van der Waals surface area contributed by atoms with Gasteiger partial charge in [0.15, 0.2) is 0 Å². The monoisotopic (exact) mass is 247 g/mol. The zero-order valence-electron chi connectivity index (χ0n) is 9.92. The van der Waals surface area contributed by atoms with Crippen LogP contribution in [0.3, 0.4) is 0 Å². The highest BCUT2D eigenvalue weighted by atomic mass is 16.5. The number of aromatic nitrogens is 3. The zero-order valence-corrected chi connectivity index (χ0v) is 9.92. The summed E-state index contributed by atoms with van der Waals surface area (Å²) < 4.78 is 6.24. The van der Waals surface area contributed by atoms with Gasteiger partial charge in [-0.2, -0.15) is 5.10 Å². The summed E-state index contributed by atoms with van der Waals surface area (Å²) in [7, 11) is 0. The molecule has 0 bridgehead atoms. The van der Waals surface area contributed by atoms with Gasteiger partial charge in [0.1, 0.15) is 6.33 Å². The number of nitrogens with one attached hydrogen (secondary N) is 1. The number of hydrogen-bond donors (Lipinski definition) is 1. The third-order valence-corrected chi connectivity index (χ3v) is 2.42. The van der Waals surface area contributed by atoms with E-state index in [1.54, 1.807) is 31.2 Å². The van der Waals surface area contributed by atoms with Gasteiger partial charge in [0.2, 0.25) is 0 Å². The van der Waals surface area contributed by atoms with Gasteiger partial charge in [0.05, 0.1) is 18.7 Å². The Morgan fingerprint density at radius 1 is 1.39 bits per heavy atom. The number of aromatic amines is 1. The van der Waals surface area contributed by atoms with Gasteiger partial charge in [0, 0.05) is 0 Å². The molecule has 1 N–H and O–H groups in total. The van der Waals surface area contributed by atoms with E-state index in [-0.39, 0.29) is 18.1 Å². The van der Waals surface area contributed by atoms with E-state index in [1.807, 2.05) is 0 Å². The molecule has 18 heavy (non-hydrogen) atoms. The standard InChI is InChI=1S/C12H13N3O3/c1-2-18-11(16)7-9-3-5-10(6-4-9)15-8-13-14-12(15)17/h3-6,8H,2,7H2,1H3,(H,14,17). The maximum absolute atomic E-state index is 11.3. The third kappa shape index (κ3) is 2.65. The van der Waals surface area contributed by atoms with Crippen LogP contribution in [0.1, 0.15) is 12.5 Å². The predicted molar refractivity (Wildman–Crippen MR) is 64.5 cm³/mol. The van der Waals surface area contributed by atoms with Crippen molar-refractivity contribution in [2.75, 3.05) is 6.61 Å². The second-order valence-electron chi connectivity index (χ2n) is 3.68. The lowest BCUT2D eigenvalue weighted by Gasteiger charge is -2.04. The van der Waals surface area contributed by atoms with Gasteiger partial charge in [-0.25, -0.2) is 14.5 Å². The molecule has 0 saturated heterocycles. The highest BCUT2D eigenvalue weighted by molar-refractivity contribution is 5.72. The molecule has 2 aromatic rings. The fraction of sp³-hybridized carbons (Fsp3) is 0.250. The summed E-state index contributed by atoms with van der Waals surface area (Å²) in [5.41, 5.74) is 1.24. The van der Waals surface area contributed by atoms with Crippen LogP contribution >= 0.6 is 0 Å². The first-order chi connectivity index (χ1) is 8.70. The van der Waals surface area contributed by atoms with Crippen molar-refractivity contribution in [3.05, 3.63) is 46.6 Å². The number of hydrogen-bond acceptors (Lipinski definition) is 4. The Morgan fingerprint density at radius 3 is 2.67 bits per heavy atom. The van der Waals surface area contributed by atoms with Crippen molar-refractivity contribution in [1.29, 1.82) is 0 Å². The van der Waals surface area contributed by atoms with Crippen molar-refractivity contribution in [3.8, 4) is 5.69 Å². The minimum absolute atomic E-state index is 0.231. The van der Waals surface area contributed by atoms with E-state index in [1.165, 1.54) is 10.9 Å². The number of rotatable bonds is 4. The van der Waals surface area contributed by atoms with Crippen molar-refractivity contribution in [2.24, 2.45) is 0 Å². The number of nitrogens with zero attached hydrogens (tertiary/aromatic N) is 2. The molecule has 1 aromatic carbocycles. The first-order valence-corrected chi connectivity index (χ1v) is 5.57. The molecular weight excluding hydrogens is 234 g/mol. The number of carbonyl (C=O) groups excluding carboxylic acids is 1. The van der Waals surface area contributed by atoms with Crippen molar-refractivity contribution in [3.63, 3.8) is 0 Å². The molecule has 0 spiro atoms. The molecule has 0 unspecified atom stereocenters. The highest BCUT2D eigenvalue weighted by Gasteiger charge is 2.05. The molecule has 0 aliphatic heterocycles. The summed E-state index contributed by atoms with van der Waals surface area (Å²) in [5, 5.41) is 5.96. The van der Waals surface area contributed by atoms with E-state index in [9.17, 15) is 9.59 Å². The third-order valence-electron chi connectivity index (χ3n) is 2.42. The second kappa shape index (κ2) is 5.31. The lowest BCUT2D eigenvalue weighted by atomic mass is 10.1. The average molecular weight is 247 g/mol. The summed E-state index contributed by atoms with van der Waals surface area (Å²) in [4.78, 5) is 22.6. The van der Waals surface area contributed by atoms with Crippen LogP contribution < -0.4 is 5.69 Å². The Balaban J connectivity index is 2.13. The molecule has 0 aliphatic rings.